The number of anilines is 1. The lowest BCUT2D eigenvalue weighted by molar-refractivity contribution is 0.102. The van der Waals surface area contributed by atoms with E-state index in [1.54, 1.807) is 31.2 Å². The van der Waals surface area contributed by atoms with Gasteiger partial charge in [0.15, 0.2) is 0 Å². The highest BCUT2D eigenvalue weighted by Crippen LogP contribution is 2.32. The molecule has 0 aliphatic rings. The first kappa shape index (κ1) is 16.7. The highest BCUT2D eigenvalue weighted by atomic mass is 79.9. The third-order valence-electron chi connectivity index (χ3n) is 3.40. The minimum atomic E-state index is -0.463. The van der Waals surface area contributed by atoms with E-state index in [4.69, 9.17) is 16.1 Å². The van der Waals surface area contributed by atoms with Crippen molar-refractivity contribution < 1.29 is 13.7 Å². The molecule has 0 saturated carbocycles. The molecule has 0 aliphatic heterocycles. The van der Waals surface area contributed by atoms with Crippen molar-refractivity contribution in [2.24, 2.45) is 0 Å². The van der Waals surface area contributed by atoms with E-state index in [9.17, 15) is 9.18 Å². The molecule has 3 aromatic rings. The van der Waals surface area contributed by atoms with Crippen LogP contribution in [-0.4, -0.2) is 11.1 Å². The summed E-state index contributed by atoms with van der Waals surface area (Å²) in [6, 6.07) is 11.0. The average Bonchev–Trinajstić information content (AvgIpc) is 2.93. The van der Waals surface area contributed by atoms with Gasteiger partial charge in [0.2, 0.25) is 0 Å². The molecule has 3 rings (SSSR count). The van der Waals surface area contributed by atoms with Gasteiger partial charge in [-0.3, -0.25) is 4.79 Å². The van der Waals surface area contributed by atoms with Crippen molar-refractivity contribution in [3.8, 4) is 11.3 Å². The summed E-state index contributed by atoms with van der Waals surface area (Å²) in [6.07, 6.45) is 0. The zero-order valence-electron chi connectivity index (χ0n) is 12.4. The number of aryl methyl sites for hydroxylation is 1. The number of halogens is 3. The van der Waals surface area contributed by atoms with Gasteiger partial charge in [0.25, 0.3) is 5.91 Å². The highest BCUT2D eigenvalue weighted by molar-refractivity contribution is 9.10. The van der Waals surface area contributed by atoms with Crippen LogP contribution in [0.3, 0.4) is 0 Å². The smallest absolute Gasteiger partial charge is 0.261 e. The molecule has 7 heteroatoms. The van der Waals surface area contributed by atoms with Crippen molar-refractivity contribution >= 4 is 39.1 Å². The number of carbonyl (C=O) groups is 1. The van der Waals surface area contributed by atoms with Crippen LogP contribution in [0.25, 0.3) is 11.3 Å². The Hall–Kier alpha value is -2.18. The predicted molar refractivity (Wildman–Crippen MR) is 93.7 cm³/mol. The van der Waals surface area contributed by atoms with Gasteiger partial charge < -0.3 is 9.84 Å². The van der Waals surface area contributed by atoms with E-state index in [1.807, 2.05) is 0 Å². The molecule has 0 bridgehead atoms. The van der Waals surface area contributed by atoms with Crippen molar-refractivity contribution in [2.75, 3.05) is 5.32 Å². The van der Waals surface area contributed by atoms with Gasteiger partial charge in [-0.05, 0) is 47.1 Å². The van der Waals surface area contributed by atoms with Crippen LogP contribution < -0.4 is 5.32 Å². The number of nitrogens with one attached hydrogen (secondary N) is 1. The van der Waals surface area contributed by atoms with Gasteiger partial charge in [-0.15, -0.1) is 0 Å². The first-order valence-corrected chi connectivity index (χ1v) is 8.12. The number of carbonyl (C=O) groups excluding carboxylic acids is 1. The zero-order valence-corrected chi connectivity index (χ0v) is 14.8. The second-order valence-electron chi connectivity index (χ2n) is 5.02. The first-order valence-electron chi connectivity index (χ1n) is 6.95. The molecule has 1 amide bonds. The number of rotatable bonds is 3. The molecule has 1 aromatic heterocycles. The van der Waals surface area contributed by atoms with Gasteiger partial charge in [0.05, 0.1) is 10.7 Å². The lowest BCUT2D eigenvalue weighted by atomic mass is 10.1. The molecular formula is C17H11BrClFN2O2. The van der Waals surface area contributed by atoms with Gasteiger partial charge >= 0.3 is 0 Å². The molecule has 0 aliphatic carbocycles. The fraction of sp³-hybridized carbons (Fsp3) is 0.0588. The number of aromatic nitrogens is 1. The van der Waals surface area contributed by atoms with Crippen LogP contribution in [0.1, 0.15) is 16.1 Å². The molecule has 2 aromatic carbocycles. The topological polar surface area (TPSA) is 55.1 Å². The molecule has 0 spiro atoms. The van der Waals surface area contributed by atoms with E-state index in [0.717, 1.165) is 0 Å². The van der Waals surface area contributed by atoms with Gasteiger partial charge in [-0.25, -0.2) is 4.39 Å². The van der Waals surface area contributed by atoms with E-state index in [0.29, 0.717) is 32.2 Å². The second-order valence-corrected chi connectivity index (χ2v) is 6.28. The summed E-state index contributed by atoms with van der Waals surface area (Å²) in [4.78, 5) is 12.7. The summed E-state index contributed by atoms with van der Waals surface area (Å²) >= 11 is 9.45. The highest BCUT2D eigenvalue weighted by Gasteiger charge is 2.23. The minimum absolute atomic E-state index is 0.249. The number of benzene rings is 2. The van der Waals surface area contributed by atoms with Crippen LogP contribution in [0.5, 0.6) is 0 Å². The number of nitrogens with zero attached hydrogens (tertiary/aromatic N) is 1. The van der Waals surface area contributed by atoms with Crippen LogP contribution in [-0.2, 0) is 0 Å². The summed E-state index contributed by atoms with van der Waals surface area (Å²) in [5, 5.41) is 7.05. The normalized spacial score (nSPS) is 10.7. The second kappa shape index (κ2) is 6.75. The number of amides is 1. The standard InChI is InChI=1S/C17H11BrClFN2O2/c1-9-15(16(22-24-9)11-4-2-3-5-13(11)19)17(23)21-14-8-10(20)6-7-12(14)18/h2-8H,1H3,(H,21,23). The molecule has 0 atom stereocenters. The Labute approximate surface area is 150 Å². The van der Waals surface area contributed by atoms with Gasteiger partial charge in [0.1, 0.15) is 22.8 Å². The Morgan fingerprint density at radius 2 is 2.04 bits per heavy atom. The summed E-state index contributed by atoms with van der Waals surface area (Å²) in [7, 11) is 0. The SMILES string of the molecule is Cc1onc(-c2ccccc2Cl)c1C(=O)Nc1cc(F)ccc1Br. The third kappa shape index (κ3) is 3.20. The number of hydrogen-bond donors (Lipinski definition) is 1. The Bertz CT molecular complexity index is 927. The van der Waals surface area contributed by atoms with Crippen LogP contribution >= 0.6 is 27.5 Å². The van der Waals surface area contributed by atoms with Crippen LogP contribution in [0.2, 0.25) is 5.02 Å². The Kier molecular flexibility index (Phi) is 4.69. The van der Waals surface area contributed by atoms with Gasteiger partial charge in [-0.1, -0.05) is 35.0 Å². The molecule has 122 valence electrons. The van der Waals surface area contributed by atoms with Gasteiger partial charge in [0, 0.05) is 10.0 Å². The molecular weight excluding hydrogens is 399 g/mol. The molecule has 4 nitrogen and oxygen atoms in total. The van der Waals surface area contributed by atoms with Crippen LogP contribution in [0.4, 0.5) is 10.1 Å². The quantitative estimate of drug-likeness (QED) is 0.625. The lowest BCUT2D eigenvalue weighted by Crippen LogP contribution is -2.14. The summed E-state index contributed by atoms with van der Waals surface area (Å²) in [5.41, 5.74) is 1.48. The molecule has 0 unspecified atom stereocenters. The van der Waals surface area contributed by atoms with Crippen molar-refractivity contribution in [1.82, 2.24) is 5.16 Å². The van der Waals surface area contributed by atoms with E-state index in [2.05, 4.69) is 26.4 Å². The van der Waals surface area contributed by atoms with Crippen LogP contribution in [0.15, 0.2) is 51.5 Å². The van der Waals surface area contributed by atoms with Crippen molar-refractivity contribution in [1.29, 1.82) is 0 Å². The molecule has 0 saturated heterocycles. The monoisotopic (exact) mass is 408 g/mol. The summed E-state index contributed by atoms with van der Waals surface area (Å²) in [5.74, 6) is -0.577. The van der Waals surface area contributed by atoms with E-state index in [-0.39, 0.29) is 5.56 Å². The predicted octanol–water partition coefficient (Wildman–Crippen LogP) is 5.46. The largest absolute Gasteiger partial charge is 0.360 e. The van der Waals surface area contributed by atoms with Crippen molar-refractivity contribution in [2.45, 2.75) is 6.92 Å². The number of hydrogen-bond acceptors (Lipinski definition) is 3. The third-order valence-corrected chi connectivity index (χ3v) is 4.42. The van der Waals surface area contributed by atoms with Crippen molar-refractivity contribution in [3.05, 3.63) is 69.1 Å². The molecule has 0 fully saturated rings. The summed E-state index contributed by atoms with van der Waals surface area (Å²) in [6.45, 7) is 1.63. The maximum Gasteiger partial charge on any atom is 0.261 e. The van der Waals surface area contributed by atoms with Crippen LogP contribution in [0, 0.1) is 12.7 Å². The minimum Gasteiger partial charge on any atom is -0.360 e. The van der Waals surface area contributed by atoms with Gasteiger partial charge in [-0.2, -0.15) is 0 Å². The fourth-order valence-corrected chi connectivity index (χ4v) is 2.83. The maximum absolute atomic E-state index is 13.4. The molecule has 24 heavy (non-hydrogen) atoms. The zero-order chi connectivity index (χ0) is 17.3. The summed E-state index contributed by atoms with van der Waals surface area (Å²) < 4.78 is 19.1. The lowest BCUT2D eigenvalue weighted by Gasteiger charge is -2.08. The Balaban J connectivity index is 2.01. The van der Waals surface area contributed by atoms with E-state index in [1.165, 1.54) is 18.2 Å². The average molecular weight is 410 g/mol. The molecule has 0 radical (unpaired) electrons. The maximum atomic E-state index is 13.4. The fourth-order valence-electron chi connectivity index (χ4n) is 2.25. The van der Waals surface area contributed by atoms with E-state index < -0.39 is 11.7 Å². The molecule has 1 N–H and O–H groups in total. The Morgan fingerprint density at radius 3 is 2.79 bits per heavy atom. The Morgan fingerprint density at radius 1 is 1.29 bits per heavy atom. The van der Waals surface area contributed by atoms with E-state index >= 15 is 0 Å². The first-order chi connectivity index (χ1) is 11.5. The molecule has 1 heterocycles. The van der Waals surface area contributed by atoms with Crippen molar-refractivity contribution in [3.63, 3.8) is 0 Å².